The Hall–Kier alpha value is -3.09. The van der Waals surface area contributed by atoms with Crippen LogP contribution in [-0.2, 0) is 9.53 Å². The number of nitrogens with zero attached hydrogens (tertiary/aromatic N) is 4. The Morgan fingerprint density at radius 1 is 1.13 bits per heavy atom. The van der Waals surface area contributed by atoms with Crippen LogP contribution in [0.25, 0.3) is 16.8 Å². The highest BCUT2D eigenvalue weighted by atomic mass is 16.5. The molecule has 0 radical (unpaired) electrons. The Morgan fingerprint density at radius 3 is 2.65 bits per heavy atom. The standard InChI is InChI=1S/C16H14N4O3/c1-23-15(22)8-7-14(21)13-10-20-16(19-18-13)12(9-17-20)11-5-3-2-4-6-11/h2-6,9-10H,7-8H2,1H3. The largest absolute Gasteiger partial charge is 0.469 e. The monoisotopic (exact) mass is 310 g/mol. The summed E-state index contributed by atoms with van der Waals surface area (Å²) in [5.41, 5.74) is 2.55. The predicted octanol–water partition coefficient (Wildman–Crippen LogP) is 1.93. The highest BCUT2D eigenvalue weighted by Gasteiger charge is 2.14. The number of benzene rings is 1. The Labute approximate surface area is 131 Å². The number of carbonyl (C=O) groups excluding carboxylic acids is 2. The SMILES string of the molecule is COC(=O)CCC(=O)c1cn2ncc(-c3ccccc3)c2nn1. The highest BCUT2D eigenvalue weighted by Crippen LogP contribution is 2.22. The van der Waals surface area contributed by atoms with E-state index in [0.29, 0.717) is 5.65 Å². The number of aromatic nitrogens is 4. The smallest absolute Gasteiger partial charge is 0.305 e. The highest BCUT2D eigenvalue weighted by molar-refractivity contribution is 5.95. The fraction of sp³-hybridized carbons (Fsp3) is 0.188. The normalized spacial score (nSPS) is 10.7. The van der Waals surface area contributed by atoms with Crippen LogP contribution in [-0.4, -0.2) is 38.7 Å². The second-order valence-electron chi connectivity index (χ2n) is 4.91. The van der Waals surface area contributed by atoms with Crippen molar-refractivity contribution in [3.05, 3.63) is 48.4 Å². The van der Waals surface area contributed by atoms with Crippen LogP contribution in [0, 0.1) is 0 Å². The maximum absolute atomic E-state index is 12.0. The summed E-state index contributed by atoms with van der Waals surface area (Å²) < 4.78 is 6.03. The van der Waals surface area contributed by atoms with E-state index in [1.54, 1.807) is 6.20 Å². The van der Waals surface area contributed by atoms with Crippen molar-refractivity contribution in [2.45, 2.75) is 12.8 Å². The quantitative estimate of drug-likeness (QED) is 0.528. The van der Waals surface area contributed by atoms with Gasteiger partial charge in [0.15, 0.2) is 11.4 Å². The molecule has 2 heterocycles. The van der Waals surface area contributed by atoms with E-state index in [4.69, 9.17) is 0 Å². The van der Waals surface area contributed by atoms with Gasteiger partial charge in [-0.3, -0.25) is 9.59 Å². The first-order valence-corrected chi connectivity index (χ1v) is 7.05. The molecular weight excluding hydrogens is 296 g/mol. The molecule has 0 aliphatic heterocycles. The molecule has 2 aromatic heterocycles. The minimum absolute atomic E-state index is 0.0173. The summed E-state index contributed by atoms with van der Waals surface area (Å²) >= 11 is 0. The number of hydrogen-bond acceptors (Lipinski definition) is 6. The van der Waals surface area contributed by atoms with E-state index in [-0.39, 0.29) is 24.3 Å². The molecular formula is C16H14N4O3. The number of ketones is 1. The summed E-state index contributed by atoms with van der Waals surface area (Å²) in [4.78, 5) is 23.1. The average molecular weight is 310 g/mol. The van der Waals surface area contributed by atoms with Crippen LogP contribution < -0.4 is 0 Å². The van der Waals surface area contributed by atoms with Gasteiger partial charge in [-0.05, 0) is 5.56 Å². The Kier molecular flexibility index (Phi) is 4.09. The lowest BCUT2D eigenvalue weighted by atomic mass is 10.1. The van der Waals surface area contributed by atoms with Crippen molar-refractivity contribution >= 4 is 17.4 Å². The van der Waals surface area contributed by atoms with E-state index in [2.05, 4.69) is 20.0 Å². The molecule has 0 atom stereocenters. The summed E-state index contributed by atoms with van der Waals surface area (Å²) in [5, 5.41) is 12.3. The molecule has 7 nitrogen and oxygen atoms in total. The maximum Gasteiger partial charge on any atom is 0.305 e. The van der Waals surface area contributed by atoms with E-state index in [1.165, 1.54) is 17.8 Å². The number of Topliss-reactive ketones (excluding diaryl/α,β-unsaturated/α-hetero) is 1. The maximum atomic E-state index is 12.0. The zero-order valence-corrected chi connectivity index (χ0v) is 12.5. The van der Waals surface area contributed by atoms with E-state index >= 15 is 0 Å². The van der Waals surface area contributed by atoms with Crippen molar-refractivity contribution in [3.8, 4) is 11.1 Å². The lowest BCUT2D eigenvalue weighted by molar-refractivity contribution is -0.140. The summed E-state index contributed by atoms with van der Waals surface area (Å²) in [7, 11) is 1.29. The van der Waals surface area contributed by atoms with Crippen molar-refractivity contribution in [2.75, 3.05) is 7.11 Å². The molecule has 0 spiro atoms. The number of hydrogen-bond donors (Lipinski definition) is 0. The summed E-state index contributed by atoms with van der Waals surface area (Å²) in [6, 6.07) is 9.69. The fourth-order valence-corrected chi connectivity index (χ4v) is 2.19. The van der Waals surface area contributed by atoms with Crippen molar-refractivity contribution in [3.63, 3.8) is 0 Å². The van der Waals surface area contributed by atoms with Gasteiger partial charge in [0.1, 0.15) is 5.69 Å². The third kappa shape index (κ3) is 3.08. The van der Waals surface area contributed by atoms with Crippen LogP contribution in [0.2, 0.25) is 0 Å². The van der Waals surface area contributed by atoms with Crippen molar-refractivity contribution in [1.29, 1.82) is 0 Å². The second-order valence-corrected chi connectivity index (χ2v) is 4.91. The van der Waals surface area contributed by atoms with Crippen LogP contribution in [0.15, 0.2) is 42.7 Å². The molecule has 3 rings (SSSR count). The van der Waals surface area contributed by atoms with Crippen molar-refractivity contribution < 1.29 is 14.3 Å². The zero-order chi connectivity index (χ0) is 16.2. The molecule has 23 heavy (non-hydrogen) atoms. The molecule has 0 saturated carbocycles. The summed E-state index contributed by atoms with van der Waals surface area (Å²) in [6.07, 6.45) is 3.25. The Morgan fingerprint density at radius 2 is 1.91 bits per heavy atom. The van der Waals surface area contributed by atoms with Gasteiger partial charge in [0.2, 0.25) is 0 Å². The number of rotatable bonds is 5. The molecule has 7 heteroatoms. The fourth-order valence-electron chi connectivity index (χ4n) is 2.19. The molecule has 3 aromatic rings. The molecule has 0 amide bonds. The Bertz CT molecular complexity index is 858. The number of fused-ring (bicyclic) bond motifs is 1. The first-order chi connectivity index (χ1) is 11.2. The minimum Gasteiger partial charge on any atom is -0.469 e. The van der Waals surface area contributed by atoms with Crippen molar-refractivity contribution in [2.24, 2.45) is 0 Å². The van der Waals surface area contributed by atoms with Gasteiger partial charge in [0.05, 0.1) is 25.9 Å². The minimum atomic E-state index is -0.433. The summed E-state index contributed by atoms with van der Waals surface area (Å²) in [5.74, 6) is -0.709. The molecule has 0 aliphatic carbocycles. The van der Waals surface area contributed by atoms with Crippen LogP contribution in [0.5, 0.6) is 0 Å². The lowest BCUT2D eigenvalue weighted by Gasteiger charge is -2.01. The van der Waals surface area contributed by atoms with Gasteiger partial charge < -0.3 is 4.74 Å². The van der Waals surface area contributed by atoms with E-state index < -0.39 is 5.97 Å². The van der Waals surface area contributed by atoms with E-state index in [0.717, 1.165) is 11.1 Å². The molecule has 0 fully saturated rings. The first kappa shape index (κ1) is 14.8. The zero-order valence-electron chi connectivity index (χ0n) is 12.5. The van der Waals surface area contributed by atoms with Crippen molar-refractivity contribution in [1.82, 2.24) is 19.8 Å². The van der Waals surface area contributed by atoms with Gasteiger partial charge in [-0.15, -0.1) is 10.2 Å². The second kappa shape index (κ2) is 6.35. The lowest BCUT2D eigenvalue weighted by Crippen LogP contribution is -2.10. The van der Waals surface area contributed by atoms with E-state index in [1.807, 2.05) is 30.3 Å². The van der Waals surface area contributed by atoms with Gasteiger partial charge in [-0.2, -0.15) is 5.10 Å². The van der Waals surface area contributed by atoms with Gasteiger partial charge in [-0.25, -0.2) is 4.52 Å². The number of ether oxygens (including phenoxy) is 1. The van der Waals surface area contributed by atoms with Crippen LogP contribution in [0.3, 0.4) is 0 Å². The molecule has 116 valence electrons. The Balaban J connectivity index is 1.86. The molecule has 0 N–H and O–H groups in total. The molecule has 0 saturated heterocycles. The van der Waals surface area contributed by atoms with E-state index in [9.17, 15) is 9.59 Å². The number of methoxy groups -OCH3 is 1. The third-order valence-electron chi connectivity index (χ3n) is 3.42. The van der Waals surface area contributed by atoms with Gasteiger partial charge in [0.25, 0.3) is 0 Å². The molecule has 0 bridgehead atoms. The van der Waals surface area contributed by atoms with Gasteiger partial charge in [0, 0.05) is 12.0 Å². The first-order valence-electron chi connectivity index (χ1n) is 7.05. The van der Waals surface area contributed by atoms with Crippen LogP contribution in [0.1, 0.15) is 23.3 Å². The third-order valence-corrected chi connectivity index (χ3v) is 3.42. The van der Waals surface area contributed by atoms with Gasteiger partial charge in [-0.1, -0.05) is 30.3 Å². The van der Waals surface area contributed by atoms with Crippen LogP contribution >= 0.6 is 0 Å². The summed E-state index contributed by atoms with van der Waals surface area (Å²) in [6.45, 7) is 0. The molecule has 1 aromatic carbocycles. The van der Waals surface area contributed by atoms with Gasteiger partial charge >= 0.3 is 5.97 Å². The molecule has 0 unspecified atom stereocenters. The number of esters is 1. The number of carbonyl (C=O) groups is 2. The topological polar surface area (TPSA) is 86.5 Å². The predicted molar refractivity (Wildman–Crippen MR) is 81.8 cm³/mol. The van der Waals surface area contributed by atoms with Crippen LogP contribution in [0.4, 0.5) is 0 Å². The molecule has 0 aliphatic rings. The average Bonchev–Trinajstić information content (AvgIpc) is 3.03.